The highest BCUT2D eigenvalue weighted by atomic mass is 19.4. The Morgan fingerprint density at radius 1 is 1.09 bits per heavy atom. The van der Waals surface area contributed by atoms with E-state index in [1.165, 1.54) is 44.6 Å². The summed E-state index contributed by atoms with van der Waals surface area (Å²) in [6, 6.07) is 7.48. The van der Waals surface area contributed by atoms with Crippen molar-refractivity contribution < 1.29 is 44.9 Å². The van der Waals surface area contributed by atoms with Gasteiger partial charge in [-0.1, -0.05) is 5.16 Å². The first-order valence-electron chi connectivity index (χ1n) is 14.5. The number of pyridine rings is 2. The predicted molar refractivity (Wildman–Crippen MR) is 152 cm³/mol. The Labute approximate surface area is 256 Å². The number of carbonyl (C=O) groups excluding carboxylic acids is 2. The zero-order valence-corrected chi connectivity index (χ0v) is 23.7. The highest BCUT2D eigenvalue weighted by Gasteiger charge is 2.31. The van der Waals surface area contributed by atoms with E-state index in [4.69, 9.17) is 13.3 Å². The van der Waals surface area contributed by atoms with E-state index in [1.54, 1.807) is 0 Å². The van der Waals surface area contributed by atoms with Crippen molar-refractivity contribution in [2.24, 2.45) is 0 Å². The number of nitrogens with zero attached hydrogens (tertiary/aromatic N) is 4. The number of ether oxygens (including phenoxy) is 1. The molecule has 4 heterocycles. The molecule has 1 atom stereocenters. The standard InChI is InChI=1S/C29H25F4N7O5/c1-28(2,27-37-13-44-40-27)39-23(41)19-9-15(11-35-25(19)43-4)17-10-18-20(24(42)34-3)21(14-5-7-16(30)8-6-14)45-26(18)38-22(17)36-12-29(31,32)33/h5-11,13H,12H2,1-4H3,(H,34,42)(H,36,38)(H,39,41)/i1D3. The van der Waals surface area contributed by atoms with Crippen LogP contribution in [0.2, 0.25) is 0 Å². The number of hydrogen-bond donors (Lipinski definition) is 3. The van der Waals surface area contributed by atoms with Crippen LogP contribution in [0.15, 0.2) is 57.9 Å². The molecule has 5 aromatic rings. The van der Waals surface area contributed by atoms with Gasteiger partial charge in [-0.3, -0.25) is 9.59 Å². The van der Waals surface area contributed by atoms with E-state index in [0.717, 1.165) is 25.5 Å². The van der Waals surface area contributed by atoms with E-state index >= 15 is 0 Å². The minimum atomic E-state index is -4.68. The third-order valence-electron chi connectivity index (χ3n) is 6.47. The van der Waals surface area contributed by atoms with Gasteiger partial charge in [-0.25, -0.2) is 9.37 Å². The quantitative estimate of drug-likeness (QED) is 0.188. The average molecular weight is 631 g/mol. The molecule has 0 aliphatic rings. The van der Waals surface area contributed by atoms with Crippen molar-refractivity contribution in [2.75, 3.05) is 26.0 Å². The van der Waals surface area contributed by atoms with Gasteiger partial charge in [0.1, 0.15) is 29.5 Å². The van der Waals surface area contributed by atoms with E-state index in [-0.39, 0.29) is 62.2 Å². The zero-order valence-electron chi connectivity index (χ0n) is 26.7. The highest BCUT2D eigenvalue weighted by Crippen LogP contribution is 2.39. The Balaban J connectivity index is 1.70. The van der Waals surface area contributed by atoms with Gasteiger partial charge < -0.3 is 29.6 Å². The lowest BCUT2D eigenvalue weighted by molar-refractivity contribution is -0.115. The number of nitrogens with one attached hydrogen (secondary N) is 3. The first kappa shape index (κ1) is 27.0. The molecule has 0 radical (unpaired) electrons. The van der Waals surface area contributed by atoms with Crippen LogP contribution in [0.3, 0.4) is 0 Å². The number of alkyl halides is 3. The van der Waals surface area contributed by atoms with E-state index in [2.05, 4.69) is 40.6 Å². The fourth-order valence-corrected chi connectivity index (χ4v) is 4.38. The molecule has 16 heteroatoms. The second kappa shape index (κ2) is 11.9. The molecule has 0 aliphatic carbocycles. The van der Waals surface area contributed by atoms with E-state index in [0.29, 0.717) is 0 Å². The summed E-state index contributed by atoms with van der Waals surface area (Å²) < 4.78 is 93.6. The number of benzene rings is 1. The summed E-state index contributed by atoms with van der Waals surface area (Å²) in [5.41, 5.74) is -2.51. The topological polar surface area (TPSA) is 157 Å². The first-order chi connectivity index (χ1) is 22.6. The Hall–Kier alpha value is -5.54. The molecule has 0 saturated heterocycles. The number of anilines is 1. The molecule has 0 bridgehead atoms. The summed E-state index contributed by atoms with van der Waals surface area (Å²) >= 11 is 0. The van der Waals surface area contributed by atoms with Crippen molar-refractivity contribution in [2.45, 2.75) is 25.5 Å². The van der Waals surface area contributed by atoms with Gasteiger partial charge in [0.25, 0.3) is 11.8 Å². The molecule has 0 aliphatic heterocycles. The number of aromatic nitrogens is 4. The van der Waals surface area contributed by atoms with Crippen LogP contribution in [-0.2, 0) is 5.54 Å². The molecular formula is C29H25F4N7O5. The lowest BCUT2D eigenvalue weighted by Crippen LogP contribution is -2.42. The Kier molecular flexibility index (Phi) is 7.13. The number of rotatable bonds is 9. The van der Waals surface area contributed by atoms with Crippen molar-refractivity contribution in [1.29, 1.82) is 0 Å². The van der Waals surface area contributed by atoms with Gasteiger partial charge in [-0.15, -0.1) is 0 Å². The number of halogens is 4. The number of amides is 2. The van der Waals surface area contributed by atoms with Crippen molar-refractivity contribution in [1.82, 2.24) is 30.7 Å². The lowest BCUT2D eigenvalue weighted by atomic mass is 10.0. The molecule has 0 fully saturated rings. The summed E-state index contributed by atoms with van der Waals surface area (Å²) in [7, 11) is 2.55. The molecule has 2 amide bonds. The van der Waals surface area contributed by atoms with E-state index < -0.39 is 42.7 Å². The minimum absolute atomic E-state index is 0.0163. The first-order valence-corrected chi connectivity index (χ1v) is 13.0. The third kappa shape index (κ3) is 6.39. The maximum absolute atomic E-state index is 13.7. The van der Waals surface area contributed by atoms with Crippen LogP contribution in [-0.4, -0.2) is 58.8 Å². The van der Waals surface area contributed by atoms with Crippen LogP contribution in [0.4, 0.5) is 23.4 Å². The average Bonchev–Trinajstić information content (AvgIpc) is 3.71. The van der Waals surface area contributed by atoms with Gasteiger partial charge in [0, 0.05) is 34.0 Å². The number of furan rings is 1. The summed E-state index contributed by atoms with van der Waals surface area (Å²) in [6.07, 6.45) is -2.61. The largest absolute Gasteiger partial charge is 0.480 e. The second-order valence-corrected chi connectivity index (χ2v) is 9.71. The van der Waals surface area contributed by atoms with Crippen molar-refractivity contribution in [3.8, 4) is 28.3 Å². The highest BCUT2D eigenvalue weighted by molar-refractivity contribution is 6.11. The second-order valence-electron chi connectivity index (χ2n) is 9.71. The lowest BCUT2D eigenvalue weighted by Gasteiger charge is -2.23. The van der Waals surface area contributed by atoms with E-state index in [9.17, 15) is 27.2 Å². The molecule has 12 nitrogen and oxygen atoms in total. The van der Waals surface area contributed by atoms with Crippen LogP contribution >= 0.6 is 0 Å². The van der Waals surface area contributed by atoms with Crippen LogP contribution in [0.5, 0.6) is 5.88 Å². The van der Waals surface area contributed by atoms with Crippen molar-refractivity contribution >= 4 is 28.7 Å². The minimum Gasteiger partial charge on any atom is -0.480 e. The molecular weight excluding hydrogens is 602 g/mol. The monoisotopic (exact) mass is 630 g/mol. The molecule has 5 rings (SSSR count). The molecule has 0 saturated carbocycles. The normalized spacial score (nSPS) is 14.2. The van der Waals surface area contributed by atoms with Crippen LogP contribution in [0, 0.1) is 5.82 Å². The molecule has 1 aromatic carbocycles. The predicted octanol–water partition coefficient (Wildman–Crippen LogP) is 5.09. The third-order valence-corrected chi connectivity index (χ3v) is 6.47. The Bertz CT molecular complexity index is 1980. The molecule has 3 N–H and O–H groups in total. The van der Waals surface area contributed by atoms with E-state index in [1.807, 2.05) is 0 Å². The van der Waals surface area contributed by atoms with Gasteiger partial charge in [0.2, 0.25) is 18.0 Å². The molecule has 4 aromatic heterocycles. The summed E-state index contributed by atoms with van der Waals surface area (Å²) in [6.45, 7) is -3.25. The summed E-state index contributed by atoms with van der Waals surface area (Å²) in [5.74, 6) is -3.23. The number of fused-ring (bicyclic) bond motifs is 1. The van der Waals surface area contributed by atoms with Crippen LogP contribution in [0.1, 0.15) is 44.4 Å². The fourth-order valence-electron chi connectivity index (χ4n) is 4.38. The smallest absolute Gasteiger partial charge is 0.405 e. The fraction of sp³-hybridized carbons (Fsp3) is 0.241. The van der Waals surface area contributed by atoms with Crippen molar-refractivity contribution in [3.05, 3.63) is 71.8 Å². The van der Waals surface area contributed by atoms with Crippen molar-refractivity contribution in [3.63, 3.8) is 0 Å². The molecule has 45 heavy (non-hydrogen) atoms. The van der Waals surface area contributed by atoms with Crippen LogP contribution < -0.4 is 20.7 Å². The number of carbonyl (C=O) groups is 2. The maximum atomic E-state index is 13.7. The number of hydrogen-bond acceptors (Lipinski definition) is 10. The molecule has 0 spiro atoms. The van der Waals surface area contributed by atoms with Gasteiger partial charge in [-0.2, -0.15) is 23.1 Å². The van der Waals surface area contributed by atoms with Crippen LogP contribution in [0.25, 0.3) is 33.6 Å². The van der Waals surface area contributed by atoms with Gasteiger partial charge in [-0.05, 0) is 50.2 Å². The SMILES string of the molecule is [2H]C([2H])([2H])C(C)(NC(=O)c1cc(-c2cc3c(C(=O)NC)c(-c4ccc(F)cc4)oc3nc2NCC(F)(F)F)cnc1OC)c1ncon1. The Morgan fingerprint density at radius 3 is 2.47 bits per heavy atom. The summed E-state index contributed by atoms with van der Waals surface area (Å²) in [4.78, 5) is 38.9. The maximum Gasteiger partial charge on any atom is 0.405 e. The Morgan fingerprint density at radius 2 is 1.84 bits per heavy atom. The molecule has 234 valence electrons. The van der Waals surface area contributed by atoms with Gasteiger partial charge in [0.05, 0.1) is 23.6 Å². The zero-order chi connectivity index (χ0) is 35.0. The van der Waals surface area contributed by atoms with Gasteiger partial charge in [0.15, 0.2) is 5.82 Å². The number of methoxy groups -OCH3 is 1. The molecule has 1 unspecified atom stereocenters. The summed E-state index contributed by atoms with van der Waals surface area (Å²) in [5, 5.41) is 10.7. The van der Waals surface area contributed by atoms with Gasteiger partial charge >= 0.3 is 6.18 Å².